The molecule has 1 atom stereocenters. The number of hydrogen-bond donors (Lipinski definition) is 0. The van der Waals surface area contributed by atoms with Crippen molar-refractivity contribution in [2.24, 2.45) is 0 Å². The lowest BCUT2D eigenvalue weighted by Crippen LogP contribution is -2.51. The highest BCUT2D eigenvalue weighted by atomic mass is 16.5. The highest BCUT2D eigenvalue weighted by Gasteiger charge is 2.25. The number of benzene rings is 1. The van der Waals surface area contributed by atoms with E-state index in [-0.39, 0.29) is 5.91 Å². The third-order valence-electron chi connectivity index (χ3n) is 3.48. The van der Waals surface area contributed by atoms with Crippen molar-refractivity contribution in [1.29, 1.82) is 0 Å². The van der Waals surface area contributed by atoms with Crippen LogP contribution in [-0.4, -0.2) is 54.5 Å². The van der Waals surface area contributed by atoms with Crippen LogP contribution in [0.15, 0.2) is 43.0 Å². The lowest BCUT2D eigenvalue weighted by atomic mass is 10.2. The van der Waals surface area contributed by atoms with Gasteiger partial charge >= 0.3 is 0 Å². The molecule has 1 aliphatic rings. The number of para-hydroxylation sites is 1. The number of carbonyl (C=O) groups excluding carboxylic acids is 1. The molecule has 1 amide bonds. The maximum atomic E-state index is 12.3. The fourth-order valence-corrected chi connectivity index (χ4v) is 2.34. The van der Waals surface area contributed by atoms with E-state index in [1.165, 1.54) is 0 Å². The van der Waals surface area contributed by atoms with Crippen LogP contribution in [-0.2, 0) is 4.79 Å². The topological polar surface area (TPSA) is 32.8 Å². The highest BCUT2D eigenvalue weighted by molar-refractivity contribution is 5.81. The van der Waals surface area contributed by atoms with Gasteiger partial charge in [0.25, 0.3) is 5.91 Å². The number of hydrogen-bond acceptors (Lipinski definition) is 3. The second kappa shape index (κ2) is 7.10. The molecule has 1 saturated heterocycles. The summed E-state index contributed by atoms with van der Waals surface area (Å²) in [5, 5.41) is 0. The van der Waals surface area contributed by atoms with E-state index in [9.17, 15) is 4.79 Å². The molecule has 1 unspecified atom stereocenters. The summed E-state index contributed by atoms with van der Waals surface area (Å²) in [6, 6.07) is 9.47. The Morgan fingerprint density at radius 3 is 2.55 bits per heavy atom. The van der Waals surface area contributed by atoms with Gasteiger partial charge in [0.05, 0.1) is 0 Å². The molecule has 0 N–H and O–H groups in total. The van der Waals surface area contributed by atoms with Crippen molar-refractivity contribution in [2.45, 2.75) is 13.0 Å². The van der Waals surface area contributed by atoms with E-state index in [4.69, 9.17) is 4.74 Å². The first kappa shape index (κ1) is 14.6. The van der Waals surface area contributed by atoms with Crippen molar-refractivity contribution in [2.75, 3.05) is 32.7 Å². The second-order valence-electron chi connectivity index (χ2n) is 4.99. The van der Waals surface area contributed by atoms with Gasteiger partial charge in [-0.25, -0.2) is 0 Å². The van der Waals surface area contributed by atoms with E-state index >= 15 is 0 Å². The Balaban J connectivity index is 1.84. The lowest BCUT2D eigenvalue weighted by molar-refractivity contribution is -0.139. The zero-order valence-electron chi connectivity index (χ0n) is 12.0. The van der Waals surface area contributed by atoms with Crippen molar-refractivity contribution < 1.29 is 9.53 Å². The summed E-state index contributed by atoms with van der Waals surface area (Å²) in [6.07, 6.45) is 1.46. The fourth-order valence-electron chi connectivity index (χ4n) is 2.34. The summed E-state index contributed by atoms with van der Waals surface area (Å²) in [4.78, 5) is 16.5. The predicted octanol–water partition coefficient (Wildman–Crippen LogP) is 1.78. The van der Waals surface area contributed by atoms with Crippen molar-refractivity contribution in [3.63, 3.8) is 0 Å². The molecule has 0 aliphatic carbocycles. The Bertz CT molecular complexity index is 439. The van der Waals surface area contributed by atoms with E-state index in [1.807, 2.05) is 48.2 Å². The molecular weight excluding hydrogens is 252 g/mol. The van der Waals surface area contributed by atoms with E-state index in [2.05, 4.69) is 11.5 Å². The lowest BCUT2D eigenvalue weighted by Gasteiger charge is -2.35. The van der Waals surface area contributed by atoms with Crippen LogP contribution in [0.3, 0.4) is 0 Å². The predicted molar refractivity (Wildman–Crippen MR) is 79.7 cm³/mol. The summed E-state index contributed by atoms with van der Waals surface area (Å²) in [7, 11) is 0. The molecule has 0 spiro atoms. The molecule has 0 radical (unpaired) electrons. The number of nitrogens with zero attached hydrogens (tertiary/aromatic N) is 2. The average molecular weight is 274 g/mol. The first-order valence-corrected chi connectivity index (χ1v) is 7.04. The Morgan fingerprint density at radius 1 is 1.30 bits per heavy atom. The minimum atomic E-state index is -0.441. The van der Waals surface area contributed by atoms with Crippen molar-refractivity contribution in [1.82, 2.24) is 9.80 Å². The Kier molecular flexibility index (Phi) is 5.18. The zero-order chi connectivity index (χ0) is 14.4. The minimum absolute atomic E-state index is 0.0621. The van der Waals surface area contributed by atoms with Gasteiger partial charge in [-0.3, -0.25) is 9.69 Å². The highest BCUT2D eigenvalue weighted by Crippen LogP contribution is 2.13. The molecule has 4 nitrogen and oxygen atoms in total. The summed E-state index contributed by atoms with van der Waals surface area (Å²) < 4.78 is 5.68. The largest absolute Gasteiger partial charge is 0.481 e. The number of piperazine rings is 1. The molecule has 0 bridgehead atoms. The van der Waals surface area contributed by atoms with Crippen molar-refractivity contribution in [3.8, 4) is 5.75 Å². The molecule has 2 rings (SSSR count). The minimum Gasteiger partial charge on any atom is -0.481 e. The van der Waals surface area contributed by atoms with E-state index in [1.54, 1.807) is 0 Å². The Hall–Kier alpha value is -1.81. The monoisotopic (exact) mass is 274 g/mol. The third-order valence-corrected chi connectivity index (χ3v) is 3.48. The van der Waals surface area contributed by atoms with Gasteiger partial charge in [0.15, 0.2) is 6.10 Å². The number of carbonyl (C=O) groups is 1. The van der Waals surface area contributed by atoms with Gasteiger partial charge in [-0.2, -0.15) is 0 Å². The van der Waals surface area contributed by atoms with Crippen LogP contribution in [0.25, 0.3) is 0 Å². The van der Waals surface area contributed by atoms with Crippen molar-refractivity contribution >= 4 is 5.91 Å². The second-order valence-corrected chi connectivity index (χ2v) is 4.99. The van der Waals surface area contributed by atoms with E-state index in [0.717, 1.165) is 38.5 Å². The smallest absolute Gasteiger partial charge is 0.263 e. The first-order valence-electron chi connectivity index (χ1n) is 7.04. The van der Waals surface area contributed by atoms with E-state index in [0.29, 0.717) is 0 Å². The van der Waals surface area contributed by atoms with Gasteiger partial charge in [0, 0.05) is 32.7 Å². The van der Waals surface area contributed by atoms with Gasteiger partial charge in [-0.15, -0.1) is 6.58 Å². The Morgan fingerprint density at radius 2 is 1.95 bits per heavy atom. The molecule has 1 aliphatic heterocycles. The number of rotatable bonds is 5. The fraction of sp³-hybridized carbons (Fsp3) is 0.438. The van der Waals surface area contributed by atoms with Crippen LogP contribution in [0.2, 0.25) is 0 Å². The van der Waals surface area contributed by atoms with Crippen LogP contribution in [0.1, 0.15) is 6.92 Å². The van der Waals surface area contributed by atoms with Gasteiger partial charge in [-0.05, 0) is 19.1 Å². The maximum Gasteiger partial charge on any atom is 0.263 e. The first-order chi connectivity index (χ1) is 9.70. The molecule has 4 heteroatoms. The van der Waals surface area contributed by atoms with Crippen LogP contribution in [0, 0.1) is 0 Å². The Labute approximate surface area is 120 Å². The van der Waals surface area contributed by atoms with Gasteiger partial charge < -0.3 is 9.64 Å². The van der Waals surface area contributed by atoms with Crippen LogP contribution in [0.5, 0.6) is 5.75 Å². The zero-order valence-corrected chi connectivity index (χ0v) is 12.0. The summed E-state index contributed by atoms with van der Waals surface area (Å²) >= 11 is 0. The molecule has 1 aromatic rings. The van der Waals surface area contributed by atoms with Crippen LogP contribution in [0.4, 0.5) is 0 Å². The summed E-state index contributed by atoms with van der Waals surface area (Å²) in [6.45, 7) is 9.76. The van der Waals surface area contributed by atoms with Gasteiger partial charge in [0.2, 0.25) is 0 Å². The molecular formula is C16H22N2O2. The molecule has 1 fully saturated rings. The molecule has 108 valence electrons. The standard InChI is InChI=1S/C16H22N2O2/c1-3-9-17-10-12-18(13-11-17)16(19)14(2)20-15-7-5-4-6-8-15/h3-8,14H,1,9-13H2,2H3. The van der Waals surface area contributed by atoms with Gasteiger partial charge in [0.1, 0.15) is 5.75 Å². The van der Waals surface area contributed by atoms with Crippen LogP contribution < -0.4 is 4.74 Å². The third kappa shape index (κ3) is 3.84. The molecule has 20 heavy (non-hydrogen) atoms. The maximum absolute atomic E-state index is 12.3. The summed E-state index contributed by atoms with van der Waals surface area (Å²) in [5.74, 6) is 0.797. The van der Waals surface area contributed by atoms with Gasteiger partial charge in [-0.1, -0.05) is 24.3 Å². The molecule has 1 aromatic carbocycles. The number of amides is 1. The average Bonchev–Trinajstić information content (AvgIpc) is 2.48. The molecule has 0 saturated carbocycles. The number of ether oxygens (including phenoxy) is 1. The van der Waals surface area contributed by atoms with Crippen LogP contribution >= 0.6 is 0 Å². The van der Waals surface area contributed by atoms with E-state index < -0.39 is 6.10 Å². The normalized spacial score (nSPS) is 17.6. The van der Waals surface area contributed by atoms with Crippen molar-refractivity contribution in [3.05, 3.63) is 43.0 Å². The molecule has 0 aromatic heterocycles. The summed E-state index contributed by atoms with van der Waals surface area (Å²) in [5.41, 5.74) is 0. The molecule has 1 heterocycles. The quantitative estimate of drug-likeness (QED) is 0.767. The SMILES string of the molecule is C=CCN1CCN(C(=O)C(C)Oc2ccccc2)CC1.